The van der Waals surface area contributed by atoms with Gasteiger partial charge in [-0.2, -0.15) is 0 Å². The number of ether oxygens (including phenoxy) is 2. The van der Waals surface area contributed by atoms with Crippen LogP contribution < -0.4 is 10.1 Å². The van der Waals surface area contributed by atoms with Gasteiger partial charge in [0.15, 0.2) is 0 Å². The van der Waals surface area contributed by atoms with E-state index in [0.717, 1.165) is 24.9 Å². The second-order valence-corrected chi connectivity index (χ2v) is 6.14. The quantitative estimate of drug-likeness (QED) is 0.405. The highest BCUT2D eigenvalue weighted by Gasteiger charge is 2.05. The summed E-state index contributed by atoms with van der Waals surface area (Å²) in [5.74, 6) is -0.132. The Kier molecular flexibility index (Phi) is 14.8. The second kappa shape index (κ2) is 16.1. The Morgan fingerprint density at radius 1 is 1.22 bits per heavy atom. The molecule has 0 unspecified atom stereocenters. The summed E-state index contributed by atoms with van der Waals surface area (Å²) in [6.07, 6.45) is 6.39. The van der Waals surface area contributed by atoms with Crippen LogP contribution in [-0.2, 0) is 16.0 Å². The van der Waals surface area contributed by atoms with E-state index in [1.54, 1.807) is 19.3 Å². The molecule has 0 aromatic heterocycles. The number of carbonyl (C=O) groups is 1. The molecule has 0 fully saturated rings. The van der Waals surface area contributed by atoms with E-state index in [9.17, 15) is 9.90 Å². The lowest BCUT2D eigenvalue weighted by atomic mass is 10.1. The van der Waals surface area contributed by atoms with E-state index >= 15 is 0 Å². The van der Waals surface area contributed by atoms with Gasteiger partial charge in [-0.05, 0) is 31.0 Å². The van der Waals surface area contributed by atoms with Crippen LogP contribution in [0.1, 0.15) is 26.3 Å². The lowest BCUT2D eigenvalue weighted by Crippen LogP contribution is -2.35. The Balaban J connectivity index is 0.000000713. The number of aliphatic carboxylic acids is 1. The van der Waals surface area contributed by atoms with Crippen LogP contribution in [0.3, 0.4) is 0 Å². The molecule has 6 nitrogen and oxygen atoms in total. The fourth-order valence-corrected chi connectivity index (χ4v) is 1.84. The molecule has 1 aromatic rings. The Bertz CT molecular complexity index is 552. The summed E-state index contributed by atoms with van der Waals surface area (Å²) in [6.45, 7) is 7.49. The molecule has 0 amide bonds. The van der Waals surface area contributed by atoms with E-state index in [2.05, 4.69) is 5.32 Å². The lowest BCUT2D eigenvalue weighted by Gasteiger charge is -2.15. The monoisotopic (exact) mass is 379 g/mol. The van der Waals surface area contributed by atoms with Crippen LogP contribution in [0.4, 0.5) is 0 Å². The van der Waals surface area contributed by atoms with Crippen molar-refractivity contribution in [1.82, 2.24) is 5.32 Å². The third-order valence-corrected chi connectivity index (χ3v) is 3.26. The summed E-state index contributed by atoms with van der Waals surface area (Å²) in [6, 6.07) is 8.26. The van der Waals surface area contributed by atoms with Gasteiger partial charge in [0.1, 0.15) is 18.5 Å². The zero-order valence-electron chi connectivity index (χ0n) is 16.7. The van der Waals surface area contributed by atoms with Gasteiger partial charge in [-0.25, -0.2) is 4.79 Å². The Labute approximate surface area is 162 Å². The van der Waals surface area contributed by atoms with Gasteiger partial charge < -0.3 is 25.0 Å². The zero-order chi connectivity index (χ0) is 20.5. The van der Waals surface area contributed by atoms with Crippen LogP contribution in [0.2, 0.25) is 0 Å². The molecule has 0 saturated carbocycles. The molecule has 0 bridgehead atoms. The topological polar surface area (TPSA) is 88.0 Å². The first-order chi connectivity index (χ1) is 12.9. The molecule has 0 saturated heterocycles. The van der Waals surface area contributed by atoms with Crippen LogP contribution in [-0.4, -0.2) is 55.2 Å². The van der Waals surface area contributed by atoms with Gasteiger partial charge in [0.25, 0.3) is 0 Å². The van der Waals surface area contributed by atoms with Gasteiger partial charge in [0, 0.05) is 25.8 Å². The number of benzene rings is 1. The van der Waals surface area contributed by atoms with E-state index in [1.807, 2.05) is 45.0 Å². The van der Waals surface area contributed by atoms with Crippen LogP contribution >= 0.6 is 0 Å². The highest BCUT2D eigenvalue weighted by Crippen LogP contribution is 2.12. The van der Waals surface area contributed by atoms with Crippen molar-refractivity contribution < 1.29 is 24.5 Å². The van der Waals surface area contributed by atoms with Crippen LogP contribution in [0, 0.1) is 0 Å². The number of rotatable bonds is 11. The second-order valence-electron chi connectivity index (χ2n) is 6.14. The molecule has 1 atom stereocenters. The van der Waals surface area contributed by atoms with Crippen molar-refractivity contribution >= 4 is 5.97 Å². The maximum atomic E-state index is 9.75. The van der Waals surface area contributed by atoms with Crippen LogP contribution in [0.25, 0.3) is 0 Å². The van der Waals surface area contributed by atoms with Crippen molar-refractivity contribution in [3.8, 4) is 5.75 Å². The summed E-state index contributed by atoms with van der Waals surface area (Å²) in [4.78, 5) is 9.75. The molecule has 152 valence electrons. The summed E-state index contributed by atoms with van der Waals surface area (Å²) >= 11 is 0. The van der Waals surface area contributed by atoms with Gasteiger partial charge in [0.2, 0.25) is 0 Å². The van der Waals surface area contributed by atoms with Crippen LogP contribution in [0.5, 0.6) is 5.75 Å². The third-order valence-electron chi connectivity index (χ3n) is 3.26. The number of nitrogens with one attached hydrogen (secondary N) is 1. The number of carboxylic acids is 1. The van der Waals surface area contributed by atoms with Crippen molar-refractivity contribution in [2.75, 3.05) is 26.9 Å². The predicted octanol–water partition coefficient (Wildman–Crippen LogP) is 2.82. The summed E-state index contributed by atoms with van der Waals surface area (Å²) < 4.78 is 10.6. The molecule has 27 heavy (non-hydrogen) atoms. The van der Waals surface area contributed by atoms with Gasteiger partial charge >= 0.3 is 5.97 Å². The first-order valence-corrected chi connectivity index (χ1v) is 9.03. The van der Waals surface area contributed by atoms with E-state index in [-0.39, 0.29) is 0 Å². The van der Waals surface area contributed by atoms with E-state index in [0.29, 0.717) is 19.2 Å². The largest absolute Gasteiger partial charge is 0.491 e. The number of hydrogen-bond donors (Lipinski definition) is 3. The number of carboxylic acid groups (broad SMARTS) is 1. The summed E-state index contributed by atoms with van der Waals surface area (Å²) in [5, 5.41) is 20.9. The number of aliphatic hydroxyl groups is 1. The van der Waals surface area contributed by atoms with Gasteiger partial charge in [-0.3, -0.25) is 0 Å². The van der Waals surface area contributed by atoms with E-state index in [1.165, 1.54) is 11.6 Å². The average molecular weight is 379 g/mol. The van der Waals surface area contributed by atoms with Gasteiger partial charge in [-0.15, -0.1) is 0 Å². The number of allylic oxidation sites excluding steroid dienone is 3. The molecule has 0 aliphatic rings. The highest BCUT2D eigenvalue weighted by atomic mass is 16.5. The van der Waals surface area contributed by atoms with Gasteiger partial charge in [-0.1, -0.05) is 44.2 Å². The molecule has 0 aliphatic carbocycles. The Morgan fingerprint density at radius 2 is 1.89 bits per heavy atom. The SMILES string of the molecule is C/C=C/C=C/C(=O)O.COCCc1ccc(OC[C@@H](O)CNC(C)C)cc1. The number of aliphatic hydroxyl groups excluding tert-OH is 1. The van der Waals surface area contributed by atoms with Crippen molar-refractivity contribution in [1.29, 1.82) is 0 Å². The fourth-order valence-electron chi connectivity index (χ4n) is 1.84. The van der Waals surface area contributed by atoms with Crippen molar-refractivity contribution in [3.05, 3.63) is 54.1 Å². The van der Waals surface area contributed by atoms with Crippen molar-refractivity contribution in [2.24, 2.45) is 0 Å². The summed E-state index contributed by atoms with van der Waals surface area (Å²) in [5.41, 5.74) is 1.22. The Hall–Kier alpha value is -2.15. The van der Waals surface area contributed by atoms with Crippen LogP contribution in [0.15, 0.2) is 48.6 Å². The summed E-state index contributed by atoms with van der Waals surface area (Å²) in [7, 11) is 1.70. The molecule has 3 N–H and O–H groups in total. The standard InChI is InChI=1S/C15H25NO3.C6H8O2/c1-12(2)16-10-14(17)11-19-15-6-4-13(5-7-15)8-9-18-3;1-2-3-4-5-6(7)8/h4-7,12,14,16-17H,8-11H2,1-3H3;2-5H,1H3,(H,7,8)/b;3-2+,5-4+/t14-;/m0./s1. The Morgan fingerprint density at radius 3 is 2.41 bits per heavy atom. The van der Waals surface area contributed by atoms with Gasteiger partial charge in [0.05, 0.1) is 6.61 Å². The molecule has 0 spiro atoms. The number of methoxy groups -OCH3 is 1. The normalized spacial score (nSPS) is 12.2. The maximum absolute atomic E-state index is 9.75. The molecular weight excluding hydrogens is 346 g/mol. The minimum atomic E-state index is -0.914. The van der Waals surface area contributed by atoms with E-state index in [4.69, 9.17) is 14.6 Å². The first-order valence-electron chi connectivity index (χ1n) is 9.03. The minimum Gasteiger partial charge on any atom is -0.491 e. The molecular formula is C21H33NO5. The smallest absolute Gasteiger partial charge is 0.328 e. The molecule has 0 radical (unpaired) electrons. The molecule has 1 aromatic carbocycles. The molecule has 1 rings (SSSR count). The zero-order valence-corrected chi connectivity index (χ0v) is 16.7. The van der Waals surface area contributed by atoms with Crippen molar-refractivity contribution in [3.63, 3.8) is 0 Å². The minimum absolute atomic E-state index is 0.303. The highest BCUT2D eigenvalue weighted by molar-refractivity contribution is 5.80. The first kappa shape index (κ1) is 24.8. The number of hydrogen-bond acceptors (Lipinski definition) is 5. The maximum Gasteiger partial charge on any atom is 0.328 e. The fraction of sp³-hybridized carbons (Fsp3) is 0.476. The third kappa shape index (κ3) is 15.8. The average Bonchev–Trinajstić information content (AvgIpc) is 2.64. The molecule has 0 aliphatic heterocycles. The molecule has 0 heterocycles. The lowest BCUT2D eigenvalue weighted by molar-refractivity contribution is -0.131. The van der Waals surface area contributed by atoms with E-state index < -0.39 is 12.1 Å². The van der Waals surface area contributed by atoms with Crippen molar-refractivity contribution in [2.45, 2.75) is 39.3 Å². The predicted molar refractivity (Wildman–Crippen MR) is 108 cm³/mol. The molecule has 6 heteroatoms.